The van der Waals surface area contributed by atoms with Crippen molar-refractivity contribution in [2.45, 2.75) is 33.7 Å². The summed E-state index contributed by atoms with van der Waals surface area (Å²) in [5.41, 5.74) is 2.76. The molecular formula is C22H29N3O3. The van der Waals surface area contributed by atoms with Gasteiger partial charge in [0.25, 0.3) is 5.91 Å². The van der Waals surface area contributed by atoms with E-state index >= 15 is 0 Å². The number of nitrogens with zero attached hydrogens (tertiary/aromatic N) is 1. The molecule has 150 valence electrons. The van der Waals surface area contributed by atoms with E-state index in [-0.39, 0.29) is 24.6 Å². The lowest BCUT2D eigenvalue weighted by Crippen LogP contribution is -2.34. The van der Waals surface area contributed by atoms with Crippen LogP contribution in [0.3, 0.4) is 0 Å². The lowest BCUT2D eigenvalue weighted by atomic mass is 10.1. The molecule has 0 aliphatic carbocycles. The van der Waals surface area contributed by atoms with Crippen LogP contribution in [0.25, 0.3) is 0 Å². The molecule has 28 heavy (non-hydrogen) atoms. The molecule has 0 heterocycles. The predicted octanol–water partition coefficient (Wildman–Crippen LogP) is 4.12. The third kappa shape index (κ3) is 6.30. The van der Waals surface area contributed by atoms with E-state index in [0.29, 0.717) is 18.8 Å². The Labute approximate surface area is 166 Å². The zero-order chi connectivity index (χ0) is 20.5. The lowest BCUT2D eigenvalue weighted by Gasteiger charge is -2.19. The lowest BCUT2D eigenvalue weighted by molar-refractivity contribution is -0.123. The molecule has 2 rings (SSSR count). The first-order valence-electron chi connectivity index (χ1n) is 9.57. The molecule has 0 fully saturated rings. The number of hydrogen-bond donors (Lipinski definition) is 2. The average Bonchev–Trinajstić information content (AvgIpc) is 2.68. The van der Waals surface area contributed by atoms with Gasteiger partial charge in [-0.15, -0.1) is 0 Å². The second-order valence-corrected chi connectivity index (χ2v) is 6.62. The van der Waals surface area contributed by atoms with Gasteiger partial charge in [0.1, 0.15) is 5.75 Å². The van der Waals surface area contributed by atoms with Crippen LogP contribution in [-0.4, -0.2) is 36.5 Å². The minimum atomic E-state index is -0.187. The molecule has 6 heteroatoms. The van der Waals surface area contributed by atoms with Crippen molar-refractivity contribution in [1.29, 1.82) is 0 Å². The zero-order valence-electron chi connectivity index (χ0n) is 17.0. The van der Waals surface area contributed by atoms with E-state index < -0.39 is 0 Å². The van der Waals surface area contributed by atoms with Crippen molar-refractivity contribution >= 4 is 17.6 Å². The molecule has 0 aliphatic rings. The summed E-state index contributed by atoms with van der Waals surface area (Å²) in [5.74, 6) is 0.490. The molecule has 2 aromatic carbocycles. The monoisotopic (exact) mass is 383 g/mol. The van der Waals surface area contributed by atoms with Gasteiger partial charge in [0.05, 0.1) is 6.04 Å². The van der Waals surface area contributed by atoms with Crippen molar-refractivity contribution in [1.82, 2.24) is 10.2 Å². The van der Waals surface area contributed by atoms with E-state index in [4.69, 9.17) is 4.74 Å². The van der Waals surface area contributed by atoms with Gasteiger partial charge < -0.3 is 20.3 Å². The van der Waals surface area contributed by atoms with Gasteiger partial charge in [-0.25, -0.2) is 4.79 Å². The van der Waals surface area contributed by atoms with Crippen LogP contribution in [-0.2, 0) is 4.79 Å². The Bertz CT molecular complexity index is 786. The van der Waals surface area contributed by atoms with Crippen molar-refractivity contribution in [2.75, 3.05) is 25.0 Å². The molecule has 2 N–H and O–H groups in total. The first kappa shape index (κ1) is 21.3. The van der Waals surface area contributed by atoms with Gasteiger partial charge in [0.2, 0.25) is 0 Å². The number of hydrogen-bond acceptors (Lipinski definition) is 3. The minimum Gasteiger partial charge on any atom is -0.484 e. The van der Waals surface area contributed by atoms with Gasteiger partial charge in [-0.05, 0) is 63.1 Å². The van der Waals surface area contributed by atoms with E-state index in [0.717, 1.165) is 16.8 Å². The van der Waals surface area contributed by atoms with Gasteiger partial charge in [-0.2, -0.15) is 0 Å². The Hall–Kier alpha value is -3.02. The molecule has 0 saturated heterocycles. The molecule has 3 amide bonds. The highest BCUT2D eigenvalue weighted by Gasteiger charge is 2.12. The van der Waals surface area contributed by atoms with Crippen molar-refractivity contribution in [3.63, 3.8) is 0 Å². The Kier molecular flexibility index (Phi) is 7.87. The molecular weight excluding hydrogens is 354 g/mol. The second-order valence-electron chi connectivity index (χ2n) is 6.62. The maximum absolute atomic E-state index is 12.1. The van der Waals surface area contributed by atoms with Crippen molar-refractivity contribution in [3.8, 4) is 5.75 Å². The summed E-state index contributed by atoms with van der Waals surface area (Å²) in [4.78, 5) is 25.9. The SMILES string of the molecule is CCN(CC)C(=O)Nc1ccc(C(C)NC(=O)COc2cccc(C)c2)cc1. The van der Waals surface area contributed by atoms with Crippen molar-refractivity contribution < 1.29 is 14.3 Å². The number of ether oxygens (including phenoxy) is 1. The highest BCUT2D eigenvalue weighted by molar-refractivity contribution is 5.89. The Balaban J connectivity index is 1.85. The number of anilines is 1. The Morgan fingerprint density at radius 1 is 1.07 bits per heavy atom. The molecule has 2 aromatic rings. The Morgan fingerprint density at radius 2 is 1.75 bits per heavy atom. The van der Waals surface area contributed by atoms with Crippen LogP contribution in [0, 0.1) is 6.92 Å². The number of carbonyl (C=O) groups is 2. The molecule has 0 bridgehead atoms. The number of nitrogens with one attached hydrogen (secondary N) is 2. The van der Waals surface area contributed by atoms with Crippen LogP contribution in [0.2, 0.25) is 0 Å². The smallest absolute Gasteiger partial charge is 0.321 e. The summed E-state index contributed by atoms with van der Waals surface area (Å²) < 4.78 is 5.53. The molecule has 6 nitrogen and oxygen atoms in total. The van der Waals surface area contributed by atoms with E-state index in [2.05, 4.69) is 10.6 Å². The summed E-state index contributed by atoms with van der Waals surface area (Å²) >= 11 is 0. The first-order valence-corrected chi connectivity index (χ1v) is 9.57. The topological polar surface area (TPSA) is 70.7 Å². The van der Waals surface area contributed by atoms with Crippen LogP contribution >= 0.6 is 0 Å². The van der Waals surface area contributed by atoms with Gasteiger partial charge in [-0.3, -0.25) is 4.79 Å². The van der Waals surface area contributed by atoms with Crippen LogP contribution in [0.1, 0.15) is 37.9 Å². The molecule has 1 atom stereocenters. The number of carbonyl (C=O) groups excluding carboxylic acids is 2. The quantitative estimate of drug-likeness (QED) is 0.720. The summed E-state index contributed by atoms with van der Waals surface area (Å²) in [6, 6.07) is 14.8. The van der Waals surface area contributed by atoms with E-state index in [1.165, 1.54) is 0 Å². The second kappa shape index (κ2) is 10.3. The fourth-order valence-corrected chi connectivity index (χ4v) is 2.79. The van der Waals surface area contributed by atoms with Gasteiger partial charge in [0.15, 0.2) is 6.61 Å². The number of benzene rings is 2. The maximum Gasteiger partial charge on any atom is 0.321 e. The first-order chi connectivity index (χ1) is 13.4. The molecule has 0 saturated carbocycles. The zero-order valence-corrected chi connectivity index (χ0v) is 17.0. The standard InChI is InChI=1S/C22H29N3O3/c1-5-25(6-2)22(27)24-19-12-10-18(11-13-19)17(4)23-21(26)15-28-20-9-7-8-16(3)14-20/h7-14,17H,5-6,15H2,1-4H3,(H,23,26)(H,24,27). The predicted molar refractivity (Wildman–Crippen MR) is 112 cm³/mol. The Morgan fingerprint density at radius 3 is 2.36 bits per heavy atom. The third-order valence-electron chi connectivity index (χ3n) is 4.45. The highest BCUT2D eigenvalue weighted by Crippen LogP contribution is 2.17. The van der Waals surface area contributed by atoms with E-state index in [1.54, 1.807) is 4.90 Å². The summed E-state index contributed by atoms with van der Waals surface area (Å²) in [5, 5.41) is 5.79. The van der Waals surface area contributed by atoms with Crippen LogP contribution in [0.5, 0.6) is 5.75 Å². The average molecular weight is 383 g/mol. The fourth-order valence-electron chi connectivity index (χ4n) is 2.79. The third-order valence-corrected chi connectivity index (χ3v) is 4.45. The van der Waals surface area contributed by atoms with Crippen molar-refractivity contribution in [2.24, 2.45) is 0 Å². The number of amides is 3. The van der Waals surface area contributed by atoms with Crippen LogP contribution in [0.4, 0.5) is 10.5 Å². The van der Waals surface area contributed by atoms with Crippen molar-refractivity contribution in [3.05, 3.63) is 59.7 Å². The summed E-state index contributed by atoms with van der Waals surface area (Å²) in [7, 11) is 0. The van der Waals surface area contributed by atoms with E-state index in [9.17, 15) is 9.59 Å². The van der Waals surface area contributed by atoms with Gasteiger partial charge in [0, 0.05) is 18.8 Å². The molecule has 0 radical (unpaired) electrons. The van der Waals surface area contributed by atoms with Gasteiger partial charge >= 0.3 is 6.03 Å². The van der Waals surface area contributed by atoms with Crippen LogP contribution in [0.15, 0.2) is 48.5 Å². The molecule has 0 spiro atoms. The molecule has 1 unspecified atom stereocenters. The normalized spacial score (nSPS) is 11.4. The number of rotatable bonds is 8. The molecule has 0 aliphatic heterocycles. The molecule has 0 aromatic heterocycles. The van der Waals surface area contributed by atoms with Gasteiger partial charge in [-0.1, -0.05) is 24.3 Å². The number of aryl methyl sites for hydroxylation is 1. The summed E-state index contributed by atoms with van der Waals surface area (Å²) in [6.07, 6.45) is 0. The summed E-state index contributed by atoms with van der Waals surface area (Å²) in [6.45, 7) is 9.06. The van der Waals surface area contributed by atoms with E-state index in [1.807, 2.05) is 76.2 Å². The fraction of sp³-hybridized carbons (Fsp3) is 0.364. The highest BCUT2D eigenvalue weighted by atomic mass is 16.5. The minimum absolute atomic E-state index is 0.0359. The largest absolute Gasteiger partial charge is 0.484 e. The maximum atomic E-state index is 12.1. The van der Waals surface area contributed by atoms with Crippen LogP contribution < -0.4 is 15.4 Å². The number of urea groups is 1.